The van der Waals surface area contributed by atoms with Crippen molar-refractivity contribution in [3.8, 4) is 21.8 Å². The molecule has 3 heterocycles. The average molecular weight is 572 g/mol. The number of H-pyrrole nitrogens is 1. The molecule has 5 N–H and O–H groups in total. The first-order valence-corrected chi connectivity index (χ1v) is 13.6. The zero-order valence-corrected chi connectivity index (χ0v) is 22.7. The minimum absolute atomic E-state index is 0.182. The number of thiophene rings is 1. The molecule has 0 radical (unpaired) electrons. The van der Waals surface area contributed by atoms with Crippen LogP contribution in [-0.4, -0.2) is 65.1 Å². The van der Waals surface area contributed by atoms with Crippen LogP contribution in [0.3, 0.4) is 0 Å². The summed E-state index contributed by atoms with van der Waals surface area (Å²) >= 11 is 1.22. The summed E-state index contributed by atoms with van der Waals surface area (Å²) < 4.78 is 5.41. The third-order valence-corrected chi connectivity index (χ3v) is 7.87. The number of fused-ring (bicyclic) bond motifs is 3. The Morgan fingerprint density at radius 2 is 1.71 bits per heavy atom. The first-order chi connectivity index (χ1) is 19.8. The lowest BCUT2D eigenvalue weighted by Crippen LogP contribution is -2.54. The molecule has 12 nitrogen and oxygen atoms in total. The molecule has 1 fully saturated rings. The van der Waals surface area contributed by atoms with Crippen LogP contribution < -0.4 is 21.4 Å². The van der Waals surface area contributed by atoms with E-state index in [0.717, 1.165) is 0 Å². The Morgan fingerprint density at radius 3 is 2.39 bits per heavy atom. The fourth-order valence-electron chi connectivity index (χ4n) is 5.01. The van der Waals surface area contributed by atoms with Crippen molar-refractivity contribution in [1.82, 2.24) is 15.2 Å². The minimum Gasteiger partial charge on any atom is -0.379 e. The Labute approximate surface area is 238 Å². The van der Waals surface area contributed by atoms with Crippen LogP contribution in [0.5, 0.6) is 0 Å². The molecule has 0 unspecified atom stereocenters. The van der Waals surface area contributed by atoms with Crippen molar-refractivity contribution in [2.75, 3.05) is 41.9 Å². The maximum Gasteiger partial charge on any atom is 0.334 e. The topological polar surface area (TPSA) is 163 Å². The number of amides is 4. The molecule has 13 heteroatoms. The smallest absolute Gasteiger partial charge is 0.334 e. The third kappa shape index (κ3) is 4.86. The molecular formula is C28H25N7O5S. The molecule has 41 heavy (non-hydrogen) atoms. The number of hydrogen-bond donors (Lipinski definition) is 4. The Balaban J connectivity index is 1.26. The number of hydrogen-bond acceptors (Lipinski definition) is 8. The van der Waals surface area contributed by atoms with Crippen molar-refractivity contribution in [3.63, 3.8) is 0 Å². The van der Waals surface area contributed by atoms with Gasteiger partial charge in [0.05, 0.1) is 45.5 Å². The second-order valence-corrected chi connectivity index (χ2v) is 10.5. The van der Waals surface area contributed by atoms with E-state index < -0.39 is 6.03 Å². The van der Waals surface area contributed by atoms with E-state index in [9.17, 15) is 19.2 Å². The lowest BCUT2D eigenvalue weighted by atomic mass is 10.1. The lowest BCUT2D eigenvalue weighted by Gasteiger charge is -2.36. The summed E-state index contributed by atoms with van der Waals surface area (Å²) in [6, 6.07) is 14.8. The predicted molar refractivity (Wildman–Crippen MR) is 154 cm³/mol. The number of morpholine rings is 1. The zero-order chi connectivity index (χ0) is 28.7. The van der Waals surface area contributed by atoms with Gasteiger partial charge in [0.15, 0.2) is 5.78 Å². The highest BCUT2D eigenvalue weighted by Crippen LogP contribution is 2.45. The largest absolute Gasteiger partial charge is 0.379 e. The van der Waals surface area contributed by atoms with Gasteiger partial charge in [0.2, 0.25) is 5.91 Å². The van der Waals surface area contributed by atoms with Gasteiger partial charge in [0, 0.05) is 37.0 Å². The van der Waals surface area contributed by atoms with Crippen LogP contribution in [-0.2, 0) is 9.53 Å². The van der Waals surface area contributed by atoms with Gasteiger partial charge in [0.1, 0.15) is 5.69 Å². The quantitative estimate of drug-likeness (QED) is 0.241. The standard InChI is InChI=1S/C28H25N7O5S/c1-15(36)30-16-5-7-17(8-6-16)31-27(38)21-10-9-20(41-21)25-23-24(32-33-25)18-3-2-4-19(22(18)26(23)37)35(28(29)39)34-11-13-40-14-12-34/h2-10H,11-14H2,1H3,(H2,29,39)(H,30,36)(H,31,38)(H,32,33). The van der Waals surface area contributed by atoms with Crippen molar-refractivity contribution in [1.29, 1.82) is 0 Å². The number of hydrazine groups is 1. The third-order valence-electron chi connectivity index (χ3n) is 6.76. The molecule has 2 aliphatic rings. The number of rotatable bonds is 6. The Kier molecular flexibility index (Phi) is 6.83. The highest BCUT2D eigenvalue weighted by atomic mass is 32.1. The van der Waals surface area contributed by atoms with Gasteiger partial charge in [-0.3, -0.25) is 19.5 Å². The summed E-state index contributed by atoms with van der Waals surface area (Å²) in [5.74, 6) is -0.782. The first kappa shape index (κ1) is 26.4. The van der Waals surface area contributed by atoms with Crippen molar-refractivity contribution >= 4 is 52.0 Å². The van der Waals surface area contributed by atoms with Crippen molar-refractivity contribution in [2.24, 2.45) is 5.73 Å². The number of nitrogens with one attached hydrogen (secondary N) is 3. The first-order valence-electron chi connectivity index (χ1n) is 12.8. The van der Waals surface area contributed by atoms with Crippen molar-refractivity contribution in [2.45, 2.75) is 6.92 Å². The number of urea groups is 1. The maximum atomic E-state index is 13.9. The van der Waals surface area contributed by atoms with Gasteiger partial charge >= 0.3 is 6.03 Å². The average Bonchev–Trinajstić information content (AvgIpc) is 3.67. The van der Waals surface area contributed by atoms with Gasteiger partial charge < -0.3 is 21.1 Å². The molecule has 0 saturated carbocycles. The molecule has 2 aromatic heterocycles. The molecule has 208 valence electrons. The van der Waals surface area contributed by atoms with Crippen LogP contribution in [0.15, 0.2) is 54.6 Å². The molecule has 0 atom stereocenters. The summed E-state index contributed by atoms with van der Waals surface area (Å²) in [6.07, 6.45) is 0. The molecule has 4 amide bonds. The second kappa shape index (κ2) is 10.6. The van der Waals surface area contributed by atoms with Gasteiger partial charge in [-0.15, -0.1) is 11.3 Å². The summed E-state index contributed by atoms with van der Waals surface area (Å²) in [4.78, 5) is 51.7. The number of ether oxygens (including phenoxy) is 1. The molecule has 0 bridgehead atoms. The predicted octanol–water partition coefficient (Wildman–Crippen LogP) is 3.69. The number of carbonyl (C=O) groups is 4. The highest BCUT2D eigenvalue weighted by Gasteiger charge is 2.38. The van der Waals surface area contributed by atoms with Gasteiger partial charge in [-0.05, 0) is 42.5 Å². The number of aromatic amines is 1. The van der Waals surface area contributed by atoms with E-state index in [2.05, 4.69) is 20.8 Å². The fraction of sp³-hybridized carbons (Fsp3) is 0.179. The molecule has 6 rings (SSSR count). The normalized spacial score (nSPS) is 14.3. The van der Waals surface area contributed by atoms with E-state index in [1.807, 2.05) is 0 Å². The number of benzene rings is 2. The SMILES string of the molecule is CC(=O)Nc1ccc(NC(=O)c2ccc(-c3[nH]nc4c3C(=O)c3c-4cccc3N(C(N)=O)N3CCOCC3)s2)cc1. The summed E-state index contributed by atoms with van der Waals surface area (Å²) in [7, 11) is 0. The Hall–Kier alpha value is -4.85. The van der Waals surface area contributed by atoms with E-state index in [4.69, 9.17) is 10.5 Å². The molecule has 1 aliphatic carbocycles. The van der Waals surface area contributed by atoms with E-state index >= 15 is 0 Å². The molecule has 1 saturated heterocycles. The van der Waals surface area contributed by atoms with E-state index in [-0.39, 0.29) is 17.6 Å². The zero-order valence-electron chi connectivity index (χ0n) is 21.9. The number of anilines is 3. The summed E-state index contributed by atoms with van der Waals surface area (Å²) in [6.45, 7) is 3.21. The number of ketones is 1. The monoisotopic (exact) mass is 571 g/mol. The Morgan fingerprint density at radius 1 is 1.00 bits per heavy atom. The fourth-order valence-corrected chi connectivity index (χ4v) is 5.91. The highest BCUT2D eigenvalue weighted by molar-refractivity contribution is 7.17. The van der Waals surface area contributed by atoms with Crippen LogP contribution in [0, 0.1) is 0 Å². The minimum atomic E-state index is -0.696. The van der Waals surface area contributed by atoms with Crippen molar-refractivity contribution < 1.29 is 23.9 Å². The van der Waals surface area contributed by atoms with Crippen LogP contribution in [0.2, 0.25) is 0 Å². The number of aromatic nitrogens is 2. The van der Waals surface area contributed by atoms with Crippen LogP contribution >= 0.6 is 11.3 Å². The number of nitrogens with two attached hydrogens (primary N) is 1. The van der Waals surface area contributed by atoms with Gasteiger partial charge in [-0.25, -0.2) is 14.8 Å². The second-order valence-electron chi connectivity index (χ2n) is 9.44. The summed E-state index contributed by atoms with van der Waals surface area (Å²) in [5, 5.41) is 16.0. The molecule has 0 spiro atoms. The number of nitrogens with zero attached hydrogens (tertiary/aromatic N) is 3. The van der Waals surface area contributed by atoms with Crippen LogP contribution in [0.25, 0.3) is 21.8 Å². The lowest BCUT2D eigenvalue weighted by molar-refractivity contribution is -0.114. The van der Waals surface area contributed by atoms with E-state index in [0.29, 0.717) is 81.2 Å². The molecule has 1 aliphatic heterocycles. The molecular weight excluding hydrogens is 546 g/mol. The van der Waals surface area contributed by atoms with Crippen LogP contribution in [0.4, 0.5) is 21.9 Å². The van der Waals surface area contributed by atoms with Gasteiger partial charge in [-0.2, -0.15) is 5.10 Å². The van der Waals surface area contributed by atoms with Gasteiger partial charge in [0.25, 0.3) is 5.91 Å². The number of primary amides is 1. The Bertz CT molecular complexity index is 1690. The number of carbonyl (C=O) groups excluding carboxylic acids is 4. The van der Waals surface area contributed by atoms with E-state index in [1.54, 1.807) is 59.6 Å². The summed E-state index contributed by atoms with van der Waals surface area (Å²) in [5.41, 5.74) is 9.65. The van der Waals surface area contributed by atoms with Crippen molar-refractivity contribution in [3.05, 3.63) is 70.6 Å². The maximum absolute atomic E-state index is 13.9. The van der Waals surface area contributed by atoms with Crippen LogP contribution in [0.1, 0.15) is 32.5 Å². The van der Waals surface area contributed by atoms with E-state index in [1.165, 1.54) is 23.3 Å². The molecule has 2 aromatic carbocycles. The molecule has 4 aromatic rings. The van der Waals surface area contributed by atoms with Gasteiger partial charge in [-0.1, -0.05) is 12.1 Å².